The molecule has 0 saturated carbocycles. The number of fused-ring (bicyclic) bond motifs is 1. The number of aromatic amines is 1. The zero-order valence-corrected chi connectivity index (χ0v) is 17.6. The van der Waals surface area contributed by atoms with Crippen LogP contribution >= 0.6 is 0 Å². The molecular weight excluding hydrogens is 366 g/mol. The number of aryl methyl sites for hydroxylation is 1. The second-order valence-corrected chi connectivity index (χ2v) is 8.93. The quantitative estimate of drug-likeness (QED) is 0.861. The number of hydrogen-bond acceptors (Lipinski definition) is 4. The maximum atomic E-state index is 13.0. The van der Waals surface area contributed by atoms with Gasteiger partial charge < -0.3 is 9.80 Å². The summed E-state index contributed by atoms with van der Waals surface area (Å²) in [5.74, 6) is 1.33. The van der Waals surface area contributed by atoms with E-state index < -0.39 is 0 Å². The first-order valence-electron chi connectivity index (χ1n) is 10.6. The van der Waals surface area contributed by atoms with Crippen molar-refractivity contribution >= 4 is 22.7 Å². The van der Waals surface area contributed by atoms with Gasteiger partial charge in [0.2, 0.25) is 5.91 Å². The van der Waals surface area contributed by atoms with Gasteiger partial charge in [0.15, 0.2) is 5.69 Å². The zero-order valence-electron chi connectivity index (χ0n) is 17.6. The topological polar surface area (TPSA) is 72.5 Å². The van der Waals surface area contributed by atoms with Crippen molar-refractivity contribution in [2.45, 2.75) is 27.2 Å². The normalized spacial score (nSPS) is 23.6. The summed E-state index contributed by atoms with van der Waals surface area (Å²) in [6.45, 7) is 11.3. The van der Waals surface area contributed by atoms with Crippen molar-refractivity contribution in [1.82, 2.24) is 24.9 Å². The monoisotopic (exact) mass is 397 g/mol. The van der Waals surface area contributed by atoms with Gasteiger partial charge in [-0.1, -0.05) is 25.5 Å². The average Bonchev–Trinajstić information content (AvgIpc) is 3.10. The second-order valence-electron chi connectivity index (χ2n) is 8.93. The van der Waals surface area contributed by atoms with E-state index >= 15 is 0 Å². The molecule has 0 bridgehead atoms. The van der Waals surface area contributed by atoms with Crippen molar-refractivity contribution in [1.29, 1.82) is 0 Å². The van der Waals surface area contributed by atoms with E-state index in [9.17, 15) is 9.59 Å². The highest BCUT2D eigenvalue weighted by atomic mass is 16.2. The molecule has 0 spiro atoms. The number of likely N-dealkylation sites (tertiary alicyclic amines) is 1. The minimum atomic E-state index is -0.0356. The molecule has 7 heteroatoms. The average molecular weight is 398 g/mol. The van der Waals surface area contributed by atoms with Gasteiger partial charge in [0.05, 0.1) is 12.1 Å². The lowest BCUT2D eigenvalue weighted by molar-refractivity contribution is -0.135. The van der Waals surface area contributed by atoms with Gasteiger partial charge >= 0.3 is 0 Å². The van der Waals surface area contributed by atoms with Crippen LogP contribution in [0, 0.1) is 18.8 Å². The minimum absolute atomic E-state index is 0.0356. The van der Waals surface area contributed by atoms with Gasteiger partial charge in [-0.05, 0) is 37.3 Å². The summed E-state index contributed by atoms with van der Waals surface area (Å²) in [6.07, 6.45) is 1.20. The van der Waals surface area contributed by atoms with Crippen LogP contribution in [0.4, 0.5) is 0 Å². The molecule has 3 heterocycles. The molecule has 2 fully saturated rings. The first-order chi connectivity index (χ1) is 13.9. The lowest BCUT2D eigenvalue weighted by Crippen LogP contribution is -2.53. The van der Waals surface area contributed by atoms with E-state index in [1.807, 2.05) is 34.9 Å². The Balaban J connectivity index is 1.33. The van der Waals surface area contributed by atoms with Crippen LogP contribution in [-0.4, -0.2) is 82.5 Å². The molecule has 0 aliphatic carbocycles. The molecule has 2 aromatic rings. The predicted octanol–water partition coefficient (Wildman–Crippen LogP) is 2.13. The number of rotatable bonds is 3. The van der Waals surface area contributed by atoms with Crippen LogP contribution in [0.1, 0.15) is 36.3 Å². The van der Waals surface area contributed by atoms with E-state index in [4.69, 9.17) is 0 Å². The van der Waals surface area contributed by atoms with Gasteiger partial charge in [-0.15, -0.1) is 0 Å². The highest BCUT2D eigenvalue weighted by Crippen LogP contribution is 2.22. The number of piperazine rings is 1. The van der Waals surface area contributed by atoms with Crippen LogP contribution in [0.15, 0.2) is 18.2 Å². The molecule has 2 atom stereocenters. The van der Waals surface area contributed by atoms with Crippen LogP contribution in [0.25, 0.3) is 10.9 Å². The van der Waals surface area contributed by atoms with Crippen molar-refractivity contribution in [3.8, 4) is 0 Å². The Labute approximate surface area is 172 Å². The zero-order chi connectivity index (χ0) is 20.5. The minimum Gasteiger partial charge on any atom is -0.341 e. The van der Waals surface area contributed by atoms with Crippen molar-refractivity contribution in [2.24, 2.45) is 11.8 Å². The van der Waals surface area contributed by atoms with Crippen molar-refractivity contribution in [3.63, 3.8) is 0 Å². The molecule has 2 aliphatic rings. The molecule has 1 aromatic heterocycles. The Morgan fingerprint density at radius 3 is 2.45 bits per heavy atom. The number of carbonyl (C=O) groups excluding carboxylic acids is 2. The van der Waals surface area contributed by atoms with E-state index in [-0.39, 0.29) is 11.8 Å². The standard InChI is InChI=1S/C22H31N5O2/c1-15-4-5-19-18(11-15)21(24-23-19)22(29)26-8-6-25(7-9-26)14-20(28)27-12-16(2)10-17(3)13-27/h4-5,11,16-17H,6-10,12-14H2,1-3H3,(H,23,24). The summed E-state index contributed by atoms with van der Waals surface area (Å²) in [4.78, 5) is 31.8. The third kappa shape index (κ3) is 4.29. The van der Waals surface area contributed by atoms with Gasteiger partial charge in [0, 0.05) is 44.7 Å². The van der Waals surface area contributed by atoms with Crippen molar-refractivity contribution < 1.29 is 9.59 Å². The number of H-pyrrole nitrogens is 1. The fourth-order valence-corrected chi connectivity index (χ4v) is 4.71. The van der Waals surface area contributed by atoms with Crippen LogP contribution in [-0.2, 0) is 4.79 Å². The molecule has 0 radical (unpaired) electrons. The van der Waals surface area contributed by atoms with Gasteiger partial charge in [0.25, 0.3) is 5.91 Å². The Morgan fingerprint density at radius 2 is 1.76 bits per heavy atom. The van der Waals surface area contributed by atoms with Crippen LogP contribution in [0.5, 0.6) is 0 Å². The smallest absolute Gasteiger partial charge is 0.275 e. The SMILES string of the molecule is Cc1ccc2[nH]nc(C(=O)N3CCN(CC(=O)N4CC(C)CC(C)C4)CC3)c2c1. The molecule has 2 amide bonds. The Morgan fingerprint density at radius 1 is 1.07 bits per heavy atom. The Hall–Kier alpha value is -2.41. The largest absolute Gasteiger partial charge is 0.341 e. The Bertz CT molecular complexity index is 890. The molecule has 7 nitrogen and oxygen atoms in total. The lowest BCUT2D eigenvalue weighted by Gasteiger charge is -2.38. The van der Waals surface area contributed by atoms with E-state index in [1.54, 1.807) is 0 Å². The van der Waals surface area contributed by atoms with Crippen LogP contribution in [0.3, 0.4) is 0 Å². The molecule has 2 unspecified atom stereocenters. The van der Waals surface area contributed by atoms with Crippen molar-refractivity contribution in [3.05, 3.63) is 29.5 Å². The number of piperidine rings is 1. The summed E-state index contributed by atoms with van der Waals surface area (Å²) < 4.78 is 0. The molecule has 29 heavy (non-hydrogen) atoms. The molecule has 1 aromatic carbocycles. The van der Waals surface area contributed by atoms with Gasteiger partial charge in [0.1, 0.15) is 0 Å². The summed E-state index contributed by atoms with van der Waals surface area (Å²) >= 11 is 0. The number of benzene rings is 1. The maximum Gasteiger partial charge on any atom is 0.275 e. The van der Waals surface area contributed by atoms with E-state index in [1.165, 1.54) is 6.42 Å². The van der Waals surface area contributed by atoms with E-state index in [0.717, 1.165) is 42.6 Å². The summed E-state index contributed by atoms with van der Waals surface area (Å²) in [6, 6.07) is 5.97. The van der Waals surface area contributed by atoms with Gasteiger partial charge in [-0.3, -0.25) is 19.6 Å². The van der Waals surface area contributed by atoms with Crippen molar-refractivity contribution in [2.75, 3.05) is 45.8 Å². The number of aromatic nitrogens is 2. The Kier molecular flexibility index (Phi) is 5.58. The van der Waals surface area contributed by atoms with Crippen LogP contribution in [0.2, 0.25) is 0 Å². The maximum absolute atomic E-state index is 13.0. The molecule has 2 aliphatic heterocycles. The fraction of sp³-hybridized carbons (Fsp3) is 0.591. The summed E-state index contributed by atoms with van der Waals surface area (Å²) in [5, 5.41) is 8.10. The molecule has 156 valence electrons. The molecular formula is C22H31N5O2. The fourth-order valence-electron chi connectivity index (χ4n) is 4.71. The number of carbonyl (C=O) groups is 2. The molecule has 1 N–H and O–H groups in total. The first kappa shape index (κ1) is 19.9. The number of nitrogens with one attached hydrogen (secondary N) is 1. The van der Waals surface area contributed by atoms with E-state index in [2.05, 4.69) is 28.9 Å². The third-order valence-electron chi connectivity index (χ3n) is 6.16. The predicted molar refractivity (Wildman–Crippen MR) is 113 cm³/mol. The number of hydrogen-bond donors (Lipinski definition) is 1. The molecule has 2 saturated heterocycles. The van der Waals surface area contributed by atoms with Gasteiger partial charge in [-0.25, -0.2) is 0 Å². The van der Waals surface area contributed by atoms with Gasteiger partial charge in [-0.2, -0.15) is 5.10 Å². The highest BCUT2D eigenvalue weighted by Gasteiger charge is 2.29. The lowest BCUT2D eigenvalue weighted by atomic mass is 9.92. The highest BCUT2D eigenvalue weighted by molar-refractivity contribution is 6.04. The summed E-state index contributed by atoms with van der Waals surface area (Å²) in [5.41, 5.74) is 2.48. The van der Waals surface area contributed by atoms with Crippen LogP contribution < -0.4 is 0 Å². The first-order valence-corrected chi connectivity index (χ1v) is 10.6. The second kappa shape index (κ2) is 8.14. The molecule has 4 rings (SSSR count). The number of nitrogens with zero attached hydrogens (tertiary/aromatic N) is 4. The third-order valence-corrected chi connectivity index (χ3v) is 6.16. The van der Waals surface area contributed by atoms with E-state index in [0.29, 0.717) is 37.2 Å². The number of amides is 2. The summed E-state index contributed by atoms with van der Waals surface area (Å²) in [7, 11) is 0.